The van der Waals surface area contributed by atoms with Crippen molar-refractivity contribution < 1.29 is 19.1 Å². The average molecular weight is 425 g/mol. The molecular weight excluding hydrogens is 396 g/mol. The van der Waals surface area contributed by atoms with Gasteiger partial charge in [-0.05, 0) is 42.8 Å². The van der Waals surface area contributed by atoms with Crippen molar-refractivity contribution in [2.24, 2.45) is 0 Å². The third kappa shape index (κ3) is 5.32. The van der Waals surface area contributed by atoms with Gasteiger partial charge in [0.25, 0.3) is 0 Å². The summed E-state index contributed by atoms with van der Waals surface area (Å²) in [6.07, 6.45) is 4.38. The monoisotopic (exact) mass is 424 g/mol. The van der Waals surface area contributed by atoms with E-state index in [1.165, 1.54) is 0 Å². The van der Waals surface area contributed by atoms with E-state index in [4.69, 9.17) is 9.47 Å². The summed E-state index contributed by atoms with van der Waals surface area (Å²) in [4.78, 5) is 32.2. The minimum atomic E-state index is -0.104. The van der Waals surface area contributed by atoms with Crippen molar-refractivity contribution in [2.45, 2.75) is 25.4 Å². The number of anilines is 1. The molecule has 0 unspecified atom stereocenters. The smallest absolute Gasteiger partial charge is 0.321 e. The zero-order valence-corrected chi connectivity index (χ0v) is 17.7. The molecule has 2 fully saturated rings. The van der Waals surface area contributed by atoms with E-state index < -0.39 is 0 Å². The maximum absolute atomic E-state index is 12.4. The Labute approximate surface area is 182 Å². The van der Waals surface area contributed by atoms with Crippen LogP contribution in [0.15, 0.2) is 48.8 Å². The minimum absolute atomic E-state index is 0.00257. The lowest BCUT2D eigenvalue weighted by molar-refractivity contribution is -0.135. The number of carbonyl (C=O) groups excluding carboxylic acids is 2. The summed E-state index contributed by atoms with van der Waals surface area (Å²) < 4.78 is 11.2. The van der Waals surface area contributed by atoms with E-state index in [1.807, 2.05) is 49.5 Å². The number of hydrogen-bond donors (Lipinski definition) is 1. The number of likely N-dealkylation sites (tertiary alicyclic amines) is 2. The van der Waals surface area contributed by atoms with Gasteiger partial charge in [-0.3, -0.25) is 9.78 Å². The molecule has 2 aromatic rings. The van der Waals surface area contributed by atoms with E-state index in [0.717, 1.165) is 23.4 Å². The first-order chi connectivity index (χ1) is 15.1. The molecule has 31 heavy (non-hydrogen) atoms. The Bertz CT molecular complexity index is 884. The number of urea groups is 1. The van der Waals surface area contributed by atoms with Crippen LogP contribution in [0, 0.1) is 0 Å². The van der Waals surface area contributed by atoms with Crippen LogP contribution in [0.1, 0.15) is 24.8 Å². The largest absolute Gasteiger partial charge is 0.489 e. The van der Waals surface area contributed by atoms with Gasteiger partial charge in [-0.1, -0.05) is 6.07 Å². The molecule has 1 atom stereocenters. The number of pyridine rings is 1. The highest BCUT2D eigenvalue weighted by Gasteiger charge is 2.32. The summed E-state index contributed by atoms with van der Waals surface area (Å²) in [5.41, 5.74) is 1.89. The van der Waals surface area contributed by atoms with Crippen molar-refractivity contribution in [3.63, 3.8) is 0 Å². The van der Waals surface area contributed by atoms with Gasteiger partial charge in [0, 0.05) is 56.7 Å². The predicted molar refractivity (Wildman–Crippen MR) is 116 cm³/mol. The first kappa shape index (κ1) is 21.1. The van der Waals surface area contributed by atoms with Gasteiger partial charge in [-0.2, -0.15) is 0 Å². The van der Waals surface area contributed by atoms with Gasteiger partial charge >= 0.3 is 6.03 Å². The summed E-state index contributed by atoms with van der Waals surface area (Å²) in [6.45, 7) is 5.16. The highest BCUT2D eigenvalue weighted by Crippen LogP contribution is 2.27. The number of ether oxygens (including phenoxy) is 2. The second-order valence-corrected chi connectivity index (χ2v) is 7.85. The molecule has 164 valence electrons. The number of carbonyl (C=O) groups is 2. The Balaban J connectivity index is 1.21. The molecule has 8 heteroatoms. The Kier molecular flexibility index (Phi) is 6.66. The van der Waals surface area contributed by atoms with E-state index >= 15 is 0 Å². The van der Waals surface area contributed by atoms with Crippen molar-refractivity contribution in [3.05, 3.63) is 54.4 Å². The SMILES string of the molecule is CCOCC(=O)N1CC[C@@H](Oc2ccc(NC(=O)N3CC(c4cccnc4)C3)cc2)C1. The van der Waals surface area contributed by atoms with E-state index in [1.54, 1.807) is 16.0 Å². The van der Waals surface area contributed by atoms with Crippen molar-refractivity contribution >= 4 is 17.6 Å². The molecule has 0 radical (unpaired) electrons. The van der Waals surface area contributed by atoms with Gasteiger partial charge < -0.3 is 24.6 Å². The number of nitrogens with one attached hydrogen (secondary N) is 1. The molecule has 1 aromatic carbocycles. The number of amides is 3. The lowest BCUT2D eigenvalue weighted by Gasteiger charge is -2.39. The first-order valence-corrected chi connectivity index (χ1v) is 10.7. The number of rotatable bonds is 7. The molecule has 0 saturated carbocycles. The molecule has 0 aliphatic carbocycles. The van der Waals surface area contributed by atoms with E-state index in [2.05, 4.69) is 10.3 Å². The number of aromatic nitrogens is 1. The van der Waals surface area contributed by atoms with E-state index in [-0.39, 0.29) is 24.6 Å². The van der Waals surface area contributed by atoms with Crippen LogP contribution < -0.4 is 10.1 Å². The topological polar surface area (TPSA) is 84.0 Å². The van der Waals surface area contributed by atoms with Crippen molar-refractivity contribution in [3.8, 4) is 5.75 Å². The fourth-order valence-corrected chi connectivity index (χ4v) is 3.82. The van der Waals surface area contributed by atoms with Crippen LogP contribution in [0.3, 0.4) is 0 Å². The Hall–Kier alpha value is -3.13. The van der Waals surface area contributed by atoms with Crippen LogP contribution >= 0.6 is 0 Å². The third-order valence-electron chi connectivity index (χ3n) is 5.66. The lowest BCUT2D eigenvalue weighted by atomic mass is 9.93. The quantitative estimate of drug-likeness (QED) is 0.739. The van der Waals surface area contributed by atoms with Crippen LogP contribution in [-0.4, -0.2) is 72.2 Å². The van der Waals surface area contributed by atoms with E-state index in [9.17, 15) is 9.59 Å². The van der Waals surface area contributed by atoms with Gasteiger partial charge in [0.2, 0.25) is 5.91 Å². The Morgan fingerprint density at radius 2 is 1.94 bits per heavy atom. The maximum Gasteiger partial charge on any atom is 0.321 e. The fraction of sp³-hybridized carbons (Fsp3) is 0.435. The summed E-state index contributed by atoms with van der Waals surface area (Å²) in [6, 6.07) is 11.2. The molecule has 8 nitrogen and oxygen atoms in total. The number of nitrogens with zero attached hydrogens (tertiary/aromatic N) is 3. The molecule has 0 spiro atoms. The van der Waals surface area contributed by atoms with Crippen LogP contribution in [-0.2, 0) is 9.53 Å². The summed E-state index contributed by atoms with van der Waals surface area (Å²) in [7, 11) is 0. The highest BCUT2D eigenvalue weighted by atomic mass is 16.5. The number of hydrogen-bond acceptors (Lipinski definition) is 5. The van der Waals surface area contributed by atoms with Gasteiger partial charge in [0.05, 0.1) is 6.54 Å². The maximum atomic E-state index is 12.4. The summed E-state index contributed by atoms with van der Waals surface area (Å²) in [5, 5.41) is 2.93. The molecule has 3 amide bonds. The predicted octanol–water partition coefficient (Wildman–Crippen LogP) is 2.73. The molecule has 2 aliphatic rings. The molecule has 2 aliphatic heterocycles. The van der Waals surface area contributed by atoms with Crippen LogP contribution in [0.5, 0.6) is 5.75 Å². The van der Waals surface area contributed by atoms with Crippen molar-refractivity contribution in [2.75, 3.05) is 44.7 Å². The zero-order valence-electron chi connectivity index (χ0n) is 17.7. The first-order valence-electron chi connectivity index (χ1n) is 10.7. The van der Waals surface area contributed by atoms with Crippen LogP contribution in [0.2, 0.25) is 0 Å². The minimum Gasteiger partial charge on any atom is -0.489 e. The molecule has 3 heterocycles. The standard InChI is InChI=1S/C23H28N4O4/c1-2-30-16-22(28)26-11-9-21(15-26)31-20-7-5-19(6-8-20)25-23(29)27-13-18(14-27)17-4-3-10-24-12-17/h3-8,10,12,18,21H,2,9,11,13-16H2,1H3,(H,25,29)/t21-/m1/s1. The molecule has 1 N–H and O–H groups in total. The molecular formula is C23H28N4O4. The molecule has 4 rings (SSSR count). The van der Waals surface area contributed by atoms with Gasteiger partial charge in [0.1, 0.15) is 18.5 Å². The molecule has 1 aromatic heterocycles. The van der Waals surface area contributed by atoms with E-state index in [0.29, 0.717) is 38.7 Å². The van der Waals surface area contributed by atoms with Crippen LogP contribution in [0.25, 0.3) is 0 Å². The third-order valence-corrected chi connectivity index (χ3v) is 5.66. The van der Waals surface area contributed by atoms with Crippen molar-refractivity contribution in [1.29, 1.82) is 0 Å². The zero-order chi connectivity index (χ0) is 21.6. The second kappa shape index (κ2) is 9.78. The van der Waals surface area contributed by atoms with Crippen LogP contribution in [0.4, 0.5) is 10.5 Å². The Morgan fingerprint density at radius 3 is 2.65 bits per heavy atom. The average Bonchev–Trinajstić information content (AvgIpc) is 3.22. The summed E-state index contributed by atoms with van der Waals surface area (Å²) in [5.74, 6) is 1.08. The normalized spacial score (nSPS) is 18.5. The fourth-order valence-electron chi connectivity index (χ4n) is 3.82. The number of benzene rings is 1. The van der Waals surface area contributed by atoms with Crippen molar-refractivity contribution in [1.82, 2.24) is 14.8 Å². The summed E-state index contributed by atoms with van der Waals surface area (Å²) >= 11 is 0. The lowest BCUT2D eigenvalue weighted by Crippen LogP contribution is -2.50. The van der Waals surface area contributed by atoms with Gasteiger partial charge in [-0.15, -0.1) is 0 Å². The Morgan fingerprint density at radius 1 is 1.13 bits per heavy atom. The van der Waals surface area contributed by atoms with Gasteiger partial charge in [-0.25, -0.2) is 4.79 Å². The second-order valence-electron chi connectivity index (χ2n) is 7.85. The molecule has 2 saturated heterocycles. The highest BCUT2D eigenvalue weighted by molar-refractivity contribution is 5.90. The van der Waals surface area contributed by atoms with Gasteiger partial charge in [0.15, 0.2) is 0 Å². The molecule has 0 bridgehead atoms.